The Morgan fingerprint density at radius 2 is 1.81 bits per heavy atom. The highest BCUT2D eigenvalue weighted by Crippen LogP contribution is 2.52. The van der Waals surface area contributed by atoms with E-state index < -0.39 is 0 Å². The van der Waals surface area contributed by atoms with Crippen LogP contribution in [-0.4, -0.2) is 36.4 Å². The summed E-state index contributed by atoms with van der Waals surface area (Å²) in [7, 11) is 0. The monoisotopic (exact) mass is 500 g/mol. The number of ether oxygens (including phenoxy) is 4. The third-order valence-corrected chi connectivity index (χ3v) is 7.41. The molecule has 2 aromatic rings. The van der Waals surface area contributed by atoms with Crippen molar-refractivity contribution in [2.24, 2.45) is 28.8 Å². The first-order chi connectivity index (χ1) is 18.1. The molecular formula is C29H28N2O6. The number of hydrogen-bond donors (Lipinski definition) is 0. The summed E-state index contributed by atoms with van der Waals surface area (Å²) in [5.74, 6) is 1.92. The summed E-state index contributed by atoms with van der Waals surface area (Å²) in [6.45, 7) is 6.75. The first kappa shape index (κ1) is 23.3. The van der Waals surface area contributed by atoms with Gasteiger partial charge in [-0.05, 0) is 67.0 Å². The van der Waals surface area contributed by atoms with Crippen molar-refractivity contribution in [2.45, 2.75) is 26.4 Å². The van der Waals surface area contributed by atoms with Crippen molar-refractivity contribution in [1.82, 2.24) is 5.01 Å². The Kier molecular flexibility index (Phi) is 5.94. The van der Waals surface area contributed by atoms with Crippen LogP contribution in [0.2, 0.25) is 0 Å². The lowest BCUT2D eigenvalue weighted by Gasteiger charge is -2.17. The maximum atomic E-state index is 13.0. The van der Waals surface area contributed by atoms with Gasteiger partial charge >= 0.3 is 0 Å². The number of carbonyl (C=O) groups is 2. The van der Waals surface area contributed by atoms with Gasteiger partial charge in [-0.25, -0.2) is 0 Å². The van der Waals surface area contributed by atoms with E-state index in [0.717, 1.165) is 28.3 Å². The molecule has 1 saturated heterocycles. The van der Waals surface area contributed by atoms with Crippen LogP contribution in [0.1, 0.15) is 30.0 Å². The number of fused-ring (bicyclic) bond motifs is 6. The van der Waals surface area contributed by atoms with Crippen LogP contribution < -0.4 is 18.9 Å². The zero-order valence-electron chi connectivity index (χ0n) is 20.6. The van der Waals surface area contributed by atoms with Gasteiger partial charge in [0.25, 0.3) is 11.8 Å². The molecule has 0 aromatic heterocycles. The van der Waals surface area contributed by atoms with E-state index >= 15 is 0 Å². The van der Waals surface area contributed by atoms with Crippen molar-refractivity contribution >= 4 is 18.0 Å². The number of hydrazone groups is 1. The molecule has 2 aliphatic carbocycles. The van der Waals surface area contributed by atoms with Gasteiger partial charge in [0.15, 0.2) is 23.0 Å². The second-order valence-electron chi connectivity index (χ2n) is 9.64. The minimum atomic E-state index is -0.276. The minimum absolute atomic E-state index is 0.150. The molecule has 2 aromatic carbocycles. The van der Waals surface area contributed by atoms with Crippen LogP contribution in [0.15, 0.2) is 60.2 Å². The van der Waals surface area contributed by atoms with Crippen molar-refractivity contribution in [3.05, 3.63) is 71.8 Å². The highest BCUT2D eigenvalue weighted by atomic mass is 16.7. The van der Waals surface area contributed by atoms with Gasteiger partial charge in [-0.2, -0.15) is 10.1 Å². The molecule has 2 fully saturated rings. The molecule has 2 bridgehead atoms. The number of amides is 2. The molecular weight excluding hydrogens is 472 g/mol. The zero-order chi connectivity index (χ0) is 25.5. The number of allylic oxidation sites excluding steroid dienone is 3. The Labute approximate surface area is 215 Å². The summed E-state index contributed by atoms with van der Waals surface area (Å²) in [5.41, 5.74) is 2.50. The molecule has 2 amide bonds. The Morgan fingerprint density at radius 3 is 2.54 bits per heavy atom. The second kappa shape index (κ2) is 9.42. The van der Waals surface area contributed by atoms with Gasteiger partial charge in [-0.15, -0.1) is 6.58 Å². The molecule has 4 atom stereocenters. The number of nitrogens with zero attached hydrogens (tertiary/aromatic N) is 2. The van der Waals surface area contributed by atoms with E-state index in [4.69, 9.17) is 18.9 Å². The maximum Gasteiger partial charge on any atom is 0.254 e. The van der Waals surface area contributed by atoms with Crippen LogP contribution in [0.5, 0.6) is 23.0 Å². The minimum Gasteiger partial charge on any atom is -0.490 e. The van der Waals surface area contributed by atoms with E-state index in [9.17, 15) is 9.59 Å². The van der Waals surface area contributed by atoms with Crippen molar-refractivity contribution in [2.75, 3.05) is 13.4 Å². The second-order valence-corrected chi connectivity index (χ2v) is 9.64. The van der Waals surface area contributed by atoms with Crippen LogP contribution in [0.4, 0.5) is 0 Å². The van der Waals surface area contributed by atoms with Crippen LogP contribution in [-0.2, 0) is 22.6 Å². The molecule has 4 aliphatic rings. The number of imide groups is 1. The summed E-state index contributed by atoms with van der Waals surface area (Å²) in [6, 6.07) is 9.43. The summed E-state index contributed by atoms with van der Waals surface area (Å²) in [5, 5.41) is 5.38. The lowest BCUT2D eigenvalue weighted by Crippen LogP contribution is -2.28. The van der Waals surface area contributed by atoms with E-state index in [0.29, 0.717) is 42.4 Å². The van der Waals surface area contributed by atoms with Crippen LogP contribution in [0, 0.1) is 23.7 Å². The van der Waals surface area contributed by atoms with E-state index in [-0.39, 0.29) is 42.3 Å². The van der Waals surface area contributed by atoms with Gasteiger partial charge in [0, 0.05) is 5.56 Å². The smallest absolute Gasteiger partial charge is 0.254 e. The fourth-order valence-electron chi connectivity index (χ4n) is 5.80. The van der Waals surface area contributed by atoms with E-state index in [1.807, 2.05) is 37.3 Å². The predicted octanol–water partition coefficient (Wildman–Crippen LogP) is 4.26. The molecule has 8 heteroatoms. The molecule has 0 radical (unpaired) electrons. The van der Waals surface area contributed by atoms with Crippen molar-refractivity contribution in [3.8, 4) is 23.0 Å². The molecule has 0 unspecified atom stereocenters. The maximum absolute atomic E-state index is 13.0. The van der Waals surface area contributed by atoms with E-state index in [2.05, 4.69) is 23.8 Å². The van der Waals surface area contributed by atoms with Crippen LogP contribution >= 0.6 is 0 Å². The Balaban J connectivity index is 1.24. The standard InChI is InChI=1S/C29H28N2O6/c1-3-5-21-10-18(14-30-31-28(32)25-19-7-8-20(13-19)26(25)29(31)33)12-24(34-4-2)27(21)35-15-17-6-9-22-23(11-17)37-16-36-22/h3,6-12,14,19-20,25-26H,1,4-5,13,15-16H2,2H3/t19-,20-,25-,26+/m0/s1. The molecule has 2 aliphatic heterocycles. The van der Waals surface area contributed by atoms with Gasteiger partial charge in [0.1, 0.15) is 6.61 Å². The molecule has 2 heterocycles. The summed E-state index contributed by atoms with van der Waals surface area (Å²) in [6.07, 6.45) is 8.91. The van der Waals surface area contributed by atoms with Crippen molar-refractivity contribution in [3.63, 3.8) is 0 Å². The summed E-state index contributed by atoms with van der Waals surface area (Å²) < 4.78 is 23.0. The molecule has 0 spiro atoms. The number of carbonyl (C=O) groups excluding carboxylic acids is 2. The zero-order valence-corrected chi connectivity index (χ0v) is 20.6. The summed E-state index contributed by atoms with van der Waals surface area (Å²) >= 11 is 0. The first-order valence-electron chi connectivity index (χ1n) is 12.6. The SMILES string of the molecule is C=CCc1cc(C=NN2C(=O)[C@@H]3[C@H](C2=O)[C@H]2C=C[C@H]3C2)cc(OCC)c1OCc1ccc2c(c1)OCO2. The first-order valence-corrected chi connectivity index (χ1v) is 12.6. The van der Waals surface area contributed by atoms with Gasteiger partial charge in [0.2, 0.25) is 6.79 Å². The third-order valence-electron chi connectivity index (χ3n) is 7.41. The number of rotatable bonds is 9. The largest absolute Gasteiger partial charge is 0.490 e. The van der Waals surface area contributed by atoms with E-state index in [1.54, 1.807) is 12.3 Å². The molecule has 1 saturated carbocycles. The summed E-state index contributed by atoms with van der Waals surface area (Å²) in [4.78, 5) is 25.9. The average molecular weight is 501 g/mol. The molecule has 190 valence electrons. The molecule has 37 heavy (non-hydrogen) atoms. The van der Waals surface area contributed by atoms with Gasteiger partial charge in [-0.1, -0.05) is 24.3 Å². The lowest BCUT2D eigenvalue weighted by molar-refractivity contribution is -0.140. The fourth-order valence-corrected chi connectivity index (χ4v) is 5.80. The highest BCUT2D eigenvalue weighted by Gasteiger charge is 2.59. The lowest BCUT2D eigenvalue weighted by atomic mass is 9.85. The molecule has 8 nitrogen and oxygen atoms in total. The molecule has 6 rings (SSSR count). The van der Waals surface area contributed by atoms with Crippen molar-refractivity contribution < 1.29 is 28.5 Å². The number of hydrogen-bond acceptors (Lipinski definition) is 7. The van der Waals surface area contributed by atoms with Crippen LogP contribution in [0.3, 0.4) is 0 Å². The quantitative estimate of drug-likeness (QED) is 0.291. The Morgan fingerprint density at radius 1 is 1.05 bits per heavy atom. The van der Waals surface area contributed by atoms with Gasteiger partial charge in [0.05, 0.1) is 24.7 Å². The molecule has 0 N–H and O–H groups in total. The Bertz CT molecular complexity index is 1300. The fraction of sp³-hybridized carbons (Fsp3) is 0.345. The van der Waals surface area contributed by atoms with Crippen molar-refractivity contribution in [1.29, 1.82) is 0 Å². The normalized spacial score (nSPS) is 24.8. The van der Waals surface area contributed by atoms with Gasteiger partial charge < -0.3 is 18.9 Å². The topological polar surface area (TPSA) is 86.7 Å². The number of benzene rings is 2. The van der Waals surface area contributed by atoms with Gasteiger partial charge in [-0.3, -0.25) is 9.59 Å². The highest BCUT2D eigenvalue weighted by molar-refractivity contribution is 6.06. The van der Waals surface area contributed by atoms with Crippen LogP contribution in [0.25, 0.3) is 0 Å². The third kappa shape index (κ3) is 4.06. The predicted molar refractivity (Wildman–Crippen MR) is 136 cm³/mol. The Hall–Kier alpha value is -4.07. The van der Waals surface area contributed by atoms with E-state index in [1.165, 1.54) is 0 Å². The average Bonchev–Trinajstić information content (AvgIpc) is 3.67.